The molecule has 3 heteroatoms. The lowest BCUT2D eigenvalue weighted by Crippen LogP contribution is -2.22. The molecule has 2 N–H and O–H groups in total. The predicted octanol–water partition coefficient (Wildman–Crippen LogP) is 3.20. The van der Waals surface area contributed by atoms with E-state index in [-0.39, 0.29) is 0 Å². The Kier molecular flexibility index (Phi) is 3.07. The van der Waals surface area contributed by atoms with Crippen LogP contribution in [0.3, 0.4) is 0 Å². The minimum absolute atomic E-state index is 0.496. The molecule has 18 heavy (non-hydrogen) atoms. The van der Waals surface area contributed by atoms with Crippen LogP contribution in [-0.4, -0.2) is 11.4 Å². The Hall–Kier alpha value is -1.74. The van der Waals surface area contributed by atoms with Crippen LogP contribution < -0.4 is 5.73 Å². The smallest absolute Gasteiger partial charge is 0.117 e. The zero-order valence-corrected chi connectivity index (χ0v) is 10.4. The van der Waals surface area contributed by atoms with Gasteiger partial charge in [0, 0.05) is 11.7 Å². The SMILES string of the molecule is Nc1ccc(C2CCCN2Cc2ccco2)cc1. The van der Waals surface area contributed by atoms with Crippen LogP contribution in [0.1, 0.15) is 30.2 Å². The number of nitrogens with two attached hydrogens (primary N) is 1. The van der Waals surface area contributed by atoms with Crippen LogP contribution in [0.2, 0.25) is 0 Å². The fourth-order valence-corrected chi connectivity index (χ4v) is 2.71. The van der Waals surface area contributed by atoms with Crippen LogP contribution >= 0.6 is 0 Å². The summed E-state index contributed by atoms with van der Waals surface area (Å²) in [6.45, 7) is 2.03. The Morgan fingerprint density at radius 3 is 2.78 bits per heavy atom. The van der Waals surface area contributed by atoms with Crippen molar-refractivity contribution in [2.24, 2.45) is 0 Å². The van der Waals surface area contributed by atoms with Gasteiger partial charge in [-0.1, -0.05) is 12.1 Å². The van der Waals surface area contributed by atoms with E-state index in [1.165, 1.54) is 18.4 Å². The number of hydrogen-bond acceptors (Lipinski definition) is 3. The Labute approximate surface area is 107 Å². The summed E-state index contributed by atoms with van der Waals surface area (Å²) in [5.74, 6) is 1.04. The van der Waals surface area contributed by atoms with Crippen molar-refractivity contribution in [3.05, 3.63) is 54.0 Å². The van der Waals surface area contributed by atoms with E-state index in [0.717, 1.165) is 24.5 Å². The largest absolute Gasteiger partial charge is 0.468 e. The maximum Gasteiger partial charge on any atom is 0.117 e. The second-order valence-corrected chi connectivity index (χ2v) is 4.87. The van der Waals surface area contributed by atoms with E-state index in [4.69, 9.17) is 10.2 Å². The van der Waals surface area contributed by atoms with Crippen molar-refractivity contribution < 1.29 is 4.42 Å². The van der Waals surface area contributed by atoms with Gasteiger partial charge in [-0.2, -0.15) is 0 Å². The van der Waals surface area contributed by atoms with E-state index in [1.54, 1.807) is 6.26 Å². The van der Waals surface area contributed by atoms with Gasteiger partial charge in [-0.3, -0.25) is 4.90 Å². The molecule has 0 aliphatic carbocycles. The molecule has 1 unspecified atom stereocenters. The number of nitrogens with zero attached hydrogens (tertiary/aromatic N) is 1. The molecule has 1 aromatic heterocycles. The van der Waals surface area contributed by atoms with Crippen molar-refractivity contribution in [1.82, 2.24) is 4.90 Å². The average molecular weight is 242 g/mol. The molecule has 0 amide bonds. The van der Waals surface area contributed by atoms with Gasteiger partial charge >= 0.3 is 0 Å². The lowest BCUT2D eigenvalue weighted by molar-refractivity contribution is 0.228. The fraction of sp³-hybridized carbons (Fsp3) is 0.333. The summed E-state index contributed by atoms with van der Waals surface area (Å²) in [6, 6.07) is 12.7. The Morgan fingerprint density at radius 2 is 2.06 bits per heavy atom. The van der Waals surface area contributed by atoms with Crippen LogP contribution in [0.5, 0.6) is 0 Å². The third-order valence-corrected chi connectivity index (χ3v) is 3.62. The number of likely N-dealkylation sites (tertiary alicyclic amines) is 1. The van der Waals surface area contributed by atoms with Crippen molar-refractivity contribution in [1.29, 1.82) is 0 Å². The third kappa shape index (κ3) is 2.27. The molecule has 2 heterocycles. The standard InChI is InChI=1S/C15H18N2O/c16-13-7-5-12(6-8-13)15-4-1-9-17(15)11-14-3-2-10-18-14/h2-3,5-8,10,15H,1,4,9,11,16H2. The lowest BCUT2D eigenvalue weighted by atomic mass is 10.0. The quantitative estimate of drug-likeness (QED) is 0.840. The molecule has 0 radical (unpaired) electrons. The molecular weight excluding hydrogens is 224 g/mol. The summed E-state index contributed by atoms with van der Waals surface area (Å²) in [4.78, 5) is 2.48. The number of rotatable bonds is 3. The third-order valence-electron chi connectivity index (χ3n) is 3.62. The second-order valence-electron chi connectivity index (χ2n) is 4.87. The van der Waals surface area contributed by atoms with E-state index in [9.17, 15) is 0 Å². The molecule has 1 atom stereocenters. The van der Waals surface area contributed by atoms with E-state index in [0.29, 0.717) is 6.04 Å². The molecule has 2 aromatic rings. The Bertz CT molecular complexity index is 490. The topological polar surface area (TPSA) is 42.4 Å². The lowest BCUT2D eigenvalue weighted by Gasteiger charge is -2.23. The molecule has 0 saturated carbocycles. The van der Waals surface area contributed by atoms with Gasteiger partial charge in [0.25, 0.3) is 0 Å². The first-order valence-corrected chi connectivity index (χ1v) is 6.45. The first kappa shape index (κ1) is 11.4. The Balaban J connectivity index is 1.76. The highest BCUT2D eigenvalue weighted by Gasteiger charge is 2.26. The summed E-state index contributed by atoms with van der Waals surface area (Å²) in [5.41, 5.74) is 7.92. The summed E-state index contributed by atoms with van der Waals surface area (Å²) < 4.78 is 5.44. The highest BCUT2D eigenvalue weighted by molar-refractivity contribution is 5.40. The molecule has 1 aromatic carbocycles. The van der Waals surface area contributed by atoms with Crippen LogP contribution in [-0.2, 0) is 6.54 Å². The number of nitrogen functional groups attached to an aromatic ring is 1. The molecule has 1 aliphatic rings. The highest BCUT2D eigenvalue weighted by atomic mass is 16.3. The molecule has 1 fully saturated rings. The fourth-order valence-electron chi connectivity index (χ4n) is 2.71. The number of anilines is 1. The van der Waals surface area contributed by atoms with E-state index < -0.39 is 0 Å². The minimum atomic E-state index is 0.496. The normalized spacial score (nSPS) is 20.3. The monoisotopic (exact) mass is 242 g/mol. The molecule has 94 valence electrons. The number of furan rings is 1. The van der Waals surface area contributed by atoms with Gasteiger partial charge < -0.3 is 10.2 Å². The molecule has 0 spiro atoms. The molecule has 1 aliphatic heterocycles. The van der Waals surface area contributed by atoms with Gasteiger partial charge in [-0.25, -0.2) is 0 Å². The summed E-state index contributed by atoms with van der Waals surface area (Å²) in [5, 5.41) is 0. The van der Waals surface area contributed by atoms with E-state index in [1.807, 2.05) is 24.3 Å². The molecule has 3 nitrogen and oxygen atoms in total. The zero-order chi connectivity index (χ0) is 12.4. The first-order valence-electron chi connectivity index (χ1n) is 6.45. The van der Waals surface area contributed by atoms with Crippen LogP contribution in [0.25, 0.3) is 0 Å². The van der Waals surface area contributed by atoms with Gasteiger partial charge in [0.1, 0.15) is 5.76 Å². The second kappa shape index (κ2) is 4.86. The van der Waals surface area contributed by atoms with Crippen LogP contribution in [0.15, 0.2) is 47.1 Å². The number of benzene rings is 1. The maximum absolute atomic E-state index is 5.74. The number of hydrogen-bond donors (Lipinski definition) is 1. The maximum atomic E-state index is 5.74. The molecule has 0 bridgehead atoms. The minimum Gasteiger partial charge on any atom is -0.468 e. The van der Waals surface area contributed by atoms with Crippen LogP contribution in [0, 0.1) is 0 Å². The van der Waals surface area contributed by atoms with Gasteiger partial charge in [0.15, 0.2) is 0 Å². The van der Waals surface area contributed by atoms with Gasteiger partial charge in [-0.15, -0.1) is 0 Å². The predicted molar refractivity (Wildman–Crippen MR) is 71.9 cm³/mol. The van der Waals surface area contributed by atoms with Crippen LogP contribution in [0.4, 0.5) is 5.69 Å². The Morgan fingerprint density at radius 1 is 1.22 bits per heavy atom. The van der Waals surface area contributed by atoms with Crippen molar-refractivity contribution in [2.75, 3.05) is 12.3 Å². The van der Waals surface area contributed by atoms with Crippen molar-refractivity contribution in [2.45, 2.75) is 25.4 Å². The van der Waals surface area contributed by atoms with Gasteiger partial charge in [0.05, 0.1) is 12.8 Å². The summed E-state index contributed by atoms with van der Waals surface area (Å²) in [7, 11) is 0. The molecule has 1 saturated heterocycles. The summed E-state index contributed by atoms with van der Waals surface area (Å²) >= 11 is 0. The summed E-state index contributed by atoms with van der Waals surface area (Å²) in [6.07, 6.45) is 4.20. The zero-order valence-electron chi connectivity index (χ0n) is 10.4. The van der Waals surface area contributed by atoms with Crippen molar-refractivity contribution in [3.63, 3.8) is 0 Å². The molecule has 3 rings (SSSR count). The highest BCUT2D eigenvalue weighted by Crippen LogP contribution is 2.33. The van der Waals surface area contributed by atoms with E-state index in [2.05, 4.69) is 17.0 Å². The van der Waals surface area contributed by atoms with Crippen molar-refractivity contribution in [3.8, 4) is 0 Å². The average Bonchev–Trinajstić information content (AvgIpc) is 3.02. The molecular formula is C15H18N2O. The van der Waals surface area contributed by atoms with Gasteiger partial charge in [0.2, 0.25) is 0 Å². The van der Waals surface area contributed by atoms with Crippen molar-refractivity contribution >= 4 is 5.69 Å². The first-order chi connectivity index (χ1) is 8.83. The van der Waals surface area contributed by atoms with E-state index >= 15 is 0 Å². The van der Waals surface area contributed by atoms with Gasteiger partial charge in [-0.05, 0) is 49.2 Å².